The Morgan fingerprint density at radius 3 is 2.31 bits per heavy atom. The van der Waals surface area contributed by atoms with Gasteiger partial charge in [-0.1, -0.05) is 32.4 Å². The van der Waals surface area contributed by atoms with Crippen LogP contribution in [0.15, 0.2) is 60.9 Å². The van der Waals surface area contributed by atoms with Gasteiger partial charge in [0.2, 0.25) is 17.7 Å². The normalized spacial score (nSPS) is 17.5. The lowest BCUT2D eigenvalue weighted by molar-refractivity contribution is -0.137. The van der Waals surface area contributed by atoms with Gasteiger partial charge in [0.1, 0.15) is 41.8 Å². The van der Waals surface area contributed by atoms with Gasteiger partial charge in [0.05, 0.1) is 29.0 Å². The summed E-state index contributed by atoms with van der Waals surface area (Å²) in [5.41, 5.74) is 7.93. The van der Waals surface area contributed by atoms with Crippen LogP contribution in [-0.2, 0) is 35.3 Å². The topological polar surface area (TPSA) is 310 Å². The number of primary amides is 1. The molecule has 5 heterocycles. The van der Waals surface area contributed by atoms with Crippen molar-refractivity contribution >= 4 is 80.8 Å². The Morgan fingerprint density at radius 1 is 0.919 bits per heavy atom. The Bertz CT molecular complexity index is 2940. The van der Waals surface area contributed by atoms with Gasteiger partial charge in [-0.2, -0.15) is 9.97 Å². The van der Waals surface area contributed by atoms with Crippen LogP contribution in [0.3, 0.4) is 0 Å². The summed E-state index contributed by atoms with van der Waals surface area (Å²) in [6, 6.07) is 6.65. The Labute approximate surface area is 424 Å². The first-order valence-corrected chi connectivity index (χ1v) is 24.5. The number of aromatic nitrogens is 5. The van der Waals surface area contributed by atoms with E-state index in [0.29, 0.717) is 95.0 Å². The zero-order valence-electron chi connectivity index (χ0n) is 41.3. The number of nitrogens with zero attached hydrogens (tertiary/aromatic N) is 6. The van der Waals surface area contributed by atoms with Gasteiger partial charge < -0.3 is 57.0 Å². The van der Waals surface area contributed by atoms with Crippen molar-refractivity contribution in [3.63, 3.8) is 0 Å². The number of amides is 8. The second-order valence-corrected chi connectivity index (χ2v) is 18.8. The summed E-state index contributed by atoms with van der Waals surface area (Å²) in [6.45, 7) is 6.73. The minimum absolute atomic E-state index is 0.0557. The maximum Gasteiger partial charge on any atom is 0.407 e. The lowest BCUT2D eigenvalue weighted by atomic mass is 10.0. The number of carbonyl (C=O) groups is 7. The highest BCUT2D eigenvalue weighted by molar-refractivity contribution is 6.15. The smallest absolute Gasteiger partial charge is 0.407 e. The van der Waals surface area contributed by atoms with Gasteiger partial charge in [0, 0.05) is 80.8 Å². The predicted molar refractivity (Wildman–Crippen MR) is 269 cm³/mol. The first-order valence-electron chi connectivity index (χ1n) is 24.5. The van der Waals surface area contributed by atoms with Gasteiger partial charge in [0.15, 0.2) is 5.75 Å². The van der Waals surface area contributed by atoms with Crippen LogP contribution < -0.4 is 47.3 Å². The van der Waals surface area contributed by atoms with Gasteiger partial charge in [-0.15, -0.1) is 0 Å². The molecule has 74 heavy (non-hydrogen) atoms. The maximum absolute atomic E-state index is 14.9. The fourth-order valence-corrected chi connectivity index (χ4v) is 9.20. The molecule has 0 spiro atoms. The van der Waals surface area contributed by atoms with Crippen LogP contribution in [0.2, 0.25) is 0 Å². The van der Waals surface area contributed by atoms with E-state index in [4.69, 9.17) is 20.2 Å². The van der Waals surface area contributed by atoms with Crippen LogP contribution >= 0.6 is 0 Å². The average Bonchev–Trinajstić information content (AvgIpc) is 3.67. The number of urea groups is 1. The number of halogens is 1. The molecule has 0 bridgehead atoms. The summed E-state index contributed by atoms with van der Waals surface area (Å²) in [6.07, 6.45) is 7.02. The van der Waals surface area contributed by atoms with E-state index in [2.05, 4.69) is 56.7 Å². The summed E-state index contributed by atoms with van der Waals surface area (Å²) < 4.78 is 26.4. The van der Waals surface area contributed by atoms with Crippen LogP contribution in [0.5, 0.6) is 11.8 Å². The lowest BCUT2D eigenvalue weighted by Gasteiger charge is -2.25. The highest BCUT2D eigenvalue weighted by Crippen LogP contribution is 2.48. The first-order chi connectivity index (χ1) is 35.5. The van der Waals surface area contributed by atoms with Crippen LogP contribution in [0, 0.1) is 30.5 Å². The third kappa shape index (κ3) is 12.6. The van der Waals surface area contributed by atoms with E-state index in [0.717, 1.165) is 4.90 Å². The van der Waals surface area contributed by atoms with E-state index in [1.54, 1.807) is 52.1 Å². The number of fused-ring (bicyclic) bond motifs is 4. The van der Waals surface area contributed by atoms with Crippen molar-refractivity contribution in [1.82, 2.24) is 51.1 Å². The molecule has 5 atom stereocenters. The van der Waals surface area contributed by atoms with Crippen LogP contribution in [0.4, 0.5) is 31.2 Å². The molecule has 5 aromatic rings. The molecule has 23 nitrogen and oxygen atoms in total. The van der Waals surface area contributed by atoms with Crippen molar-refractivity contribution in [2.24, 2.45) is 23.5 Å². The fraction of sp³-hybridized carbons (Fsp3) is 0.420. The van der Waals surface area contributed by atoms with E-state index in [1.807, 2.05) is 0 Å². The number of rotatable bonds is 23. The summed E-state index contributed by atoms with van der Waals surface area (Å²) in [4.78, 5) is 112. The standard InChI is InChI=1S/C50H59FN14O9/c1-26(2)41(59-37(66)10-6-5-7-18-65-38(67)15-16-39(65)68)47(70)58-35(9-8-17-54-48(52)71)46(69)57-30-13-11-28(12-14-30)25-73-50(72)61-42-33-23-64(24-34(33)42)45-40-32-19-29(51)20-36(53-4)43(32)60-44(40)62-49(63-45)74-31-21-55-27(3)56-22-31/h11-16,19-22,26,33-35,41-42,53H,5-10,17-18,23-25H2,1-4H3,(H,57,69)(H,58,70)(H,59,66)(H,61,72)(H3,52,54,71)(H,60,62,63)/t33-,34+,35-,41-,42+/m0/s1. The summed E-state index contributed by atoms with van der Waals surface area (Å²) >= 11 is 0. The molecule has 2 fully saturated rings. The molecule has 2 aromatic carbocycles. The van der Waals surface area contributed by atoms with Gasteiger partial charge in [-0.25, -0.2) is 23.9 Å². The van der Waals surface area contributed by atoms with E-state index in [-0.39, 0.29) is 80.1 Å². The highest BCUT2D eigenvalue weighted by atomic mass is 19.1. The average molecular weight is 1020 g/mol. The summed E-state index contributed by atoms with van der Waals surface area (Å²) in [5.74, 6) is -1.29. The minimum Gasteiger partial charge on any atom is -0.445 e. The Hall–Kier alpha value is -8.44. The number of nitrogens with two attached hydrogens (primary N) is 1. The van der Waals surface area contributed by atoms with Crippen molar-refractivity contribution in [2.45, 2.75) is 84.0 Å². The number of alkyl carbamates (subject to hydrolysis) is 1. The number of H-pyrrole nitrogens is 1. The van der Waals surface area contributed by atoms with Crippen LogP contribution in [-0.4, -0.2) is 123 Å². The third-order valence-corrected chi connectivity index (χ3v) is 13.1. The predicted octanol–water partition coefficient (Wildman–Crippen LogP) is 4.04. The largest absolute Gasteiger partial charge is 0.445 e. The quantitative estimate of drug-likeness (QED) is 0.0338. The van der Waals surface area contributed by atoms with Gasteiger partial charge in [-0.3, -0.25) is 28.9 Å². The molecule has 0 radical (unpaired) electrons. The summed E-state index contributed by atoms with van der Waals surface area (Å²) in [5, 5.41) is 18.1. The zero-order valence-corrected chi connectivity index (χ0v) is 41.3. The molecule has 0 unspecified atom stereocenters. The summed E-state index contributed by atoms with van der Waals surface area (Å²) in [7, 11) is 1.71. The molecule has 3 aliphatic rings. The molecule has 1 aliphatic carbocycles. The number of hydrogen-bond donors (Lipinski definition) is 8. The monoisotopic (exact) mass is 1020 g/mol. The number of benzene rings is 2. The molecular weight excluding hydrogens is 960 g/mol. The molecule has 9 N–H and O–H groups in total. The highest BCUT2D eigenvalue weighted by Gasteiger charge is 2.57. The van der Waals surface area contributed by atoms with Crippen LogP contribution in [0.1, 0.15) is 63.8 Å². The van der Waals surface area contributed by atoms with Crippen LogP contribution in [0.25, 0.3) is 21.9 Å². The molecular formula is C50H59FN14O9. The van der Waals surface area contributed by atoms with Gasteiger partial charge in [0.25, 0.3) is 11.8 Å². The lowest BCUT2D eigenvalue weighted by Crippen LogP contribution is -2.54. The number of aromatic amines is 1. The molecule has 8 amide bonds. The first kappa shape index (κ1) is 51.9. The second kappa shape index (κ2) is 23.0. The van der Waals surface area contributed by atoms with Crippen molar-refractivity contribution in [1.29, 1.82) is 0 Å². The maximum atomic E-state index is 14.9. The second-order valence-electron chi connectivity index (χ2n) is 18.8. The molecule has 24 heteroatoms. The Kier molecular flexibility index (Phi) is 16.1. The number of hydrogen-bond acceptors (Lipinski definition) is 15. The third-order valence-electron chi connectivity index (χ3n) is 13.1. The van der Waals surface area contributed by atoms with Crippen molar-refractivity contribution < 1.29 is 47.4 Å². The van der Waals surface area contributed by atoms with Gasteiger partial charge >= 0.3 is 18.1 Å². The fourth-order valence-electron chi connectivity index (χ4n) is 9.20. The van der Waals surface area contributed by atoms with E-state index < -0.39 is 41.8 Å². The number of anilines is 3. The SMILES string of the molecule is CNc1cc(F)cc2c1[nH]c1nc(Oc3cnc(C)nc3)nc(N3C[C@@H]4[C@H](C3)[C@H]4NC(=O)OCc3ccc(NC(=O)[C@H](CCCNC(N)=O)NC(=O)[C@@H](NC(=O)CCCCCN4C(=O)C=CC4=O)C(C)C)cc3)c12. The number of unbranched alkanes of at least 4 members (excludes halogenated alkanes) is 2. The molecule has 8 rings (SSSR count). The van der Waals surface area contributed by atoms with E-state index >= 15 is 0 Å². The number of piperidine rings is 1. The number of imide groups is 1. The zero-order chi connectivity index (χ0) is 52.6. The van der Waals surface area contributed by atoms with E-state index in [1.165, 1.54) is 36.7 Å². The van der Waals surface area contributed by atoms with Crippen molar-refractivity contribution in [3.05, 3.63) is 78.1 Å². The van der Waals surface area contributed by atoms with Crippen molar-refractivity contribution in [2.75, 3.05) is 48.8 Å². The molecule has 1 saturated carbocycles. The Morgan fingerprint density at radius 2 is 1.64 bits per heavy atom. The molecule has 1 saturated heterocycles. The molecule has 390 valence electrons. The minimum atomic E-state index is -1.06. The number of carbonyl (C=O) groups excluding carboxylic acids is 7. The molecule has 2 aliphatic heterocycles. The number of nitrogens with one attached hydrogen (secondary N) is 7. The molecule has 3 aromatic heterocycles. The Balaban J connectivity index is 0.821. The van der Waals surface area contributed by atoms with E-state index in [9.17, 15) is 38.0 Å². The number of aryl methyl sites for hydroxylation is 1. The van der Waals surface area contributed by atoms with Crippen molar-refractivity contribution in [3.8, 4) is 11.8 Å². The van der Waals surface area contributed by atoms with Gasteiger partial charge in [-0.05, 0) is 68.4 Å². The number of ether oxygens (including phenoxy) is 2.